The van der Waals surface area contributed by atoms with Crippen LogP contribution in [0.2, 0.25) is 0 Å². The van der Waals surface area contributed by atoms with Gasteiger partial charge in [-0.25, -0.2) is 0 Å². The maximum Gasteiger partial charge on any atom is 0.118 e. The molecule has 0 aliphatic rings. The topological polar surface area (TPSA) is 9.23 Å². The van der Waals surface area contributed by atoms with Gasteiger partial charge in [0, 0.05) is 9.75 Å². The maximum atomic E-state index is 5.27. The van der Waals surface area contributed by atoms with Crippen LogP contribution in [-0.2, 0) is 10.8 Å². The molecule has 0 unspecified atom stereocenters. The molecule has 2 heteroatoms. The minimum atomic E-state index is 0.148. The third-order valence-corrected chi connectivity index (χ3v) is 5.24. The molecular formula is C19H26OS. The lowest BCUT2D eigenvalue weighted by Crippen LogP contribution is -2.12. The predicted molar refractivity (Wildman–Crippen MR) is 93.7 cm³/mol. The van der Waals surface area contributed by atoms with Crippen molar-refractivity contribution in [1.82, 2.24) is 0 Å². The Hall–Kier alpha value is -1.28. The molecule has 0 amide bonds. The highest BCUT2D eigenvalue weighted by Crippen LogP contribution is 2.43. The van der Waals surface area contributed by atoms with Gasteiger partial charge in [0.25, 0.3) is 0 Å². The predicted octanol–water partition coefficient (Wildman–Crippen LogP) is 6.02. The minimum absolute atomic E-state index is 0.148. The lowest BCUT2D eigenvalue weighted by Gasteiger charge is -2.20. The van der Waals surface area contributed by atoms with Gasteiger partial charge in [-0.2, -0.15) is 0 Å². The summed E-state index contributed by atoms with van der Waals surface area (Å²) in [6.07, 6.45) is 0. The van der Waals surface area contributed by atoms with E-state index >= 15 is 0 Å². The van der Waals surface area contributed by atoms with E-state index in [1.54, 1.807) is 7.11 Å². The van der Waals surface area contributed by atoms with Crippen molar-refractivity contribution in [3.05, 3.63) is 40.8 Å². The zero-order valence-corrected chi connectivity index (χ0v) is 15.0. The molecule has 0 atom stereocenters. The summed E-state index contributed by atoms with van der Waals surface area (Å²) in [7, 11) is 1.71. The van der Waals surface area contributed by atoms with Crippen molar-refractivity contribution in [1.29, 1.82) is 0 Å². The van der Waals surface area contributed by atoms with Crippen molar-refractivity contribution in [2.24, 2.45) is 0 Å². The summed E-state index contributed by atoms with van der Waals surface area (Å²) in [5.74, 6) is 0.906. The van der Waals surface area contributed by atoms with Crippen LogP contribution in [0.15, 0.2) is 30.3 Å². The average Bonchev–Trinajstić information content (AvgIpc) is 2.83. The molecule has 0 aliphatic heterocycles. The molecule has 1 nitrogen and oxygen atoms in total. The van der Waals surface area contributed by atoms with Crippen molar-refractivity contribution in [3.8, 4) is 16.2 Å². The minimum Gasteiger partial charge on any atom is -0.497 e. The Labute approximate surface area is 133 Å². The molecular weight excluding hydrogens is 276 g/mol. The molecule has 0 spiro atoms. The second kappa shape index (κ2) is 5.49. The molecule has 2 rings (SSSR count). The van der Waals surface area contributed by atoms with E-state index in [1.165, 1.54) is 20.9 Å². The Kier molecular flexibility index (Phi) is 4.21. The first-order valence-electron chi connectivity index (χ1n) is 7.42. The summed E-state index contributed by atoms with van der Waals surface area (Å²) in [5, 5.41) is 0. The highest BCUT2D eigenvalue weighted by atomic mass is 32.1. The van der Waals surface area contributed by atoms with Crippen LogP contribution in [0.3, 0.4) is 0 Å². The molecule has 0 N–H and O–H groups in total. The highest BCUT2D eigenvalue weighted by Gasteiger charge is 2.26. The van der Waals surface area contributed by atoms with E-state index in [9.17, 15) is 0 Å². The van der Waals surface area contributed by atoms with Gasteiger partial charge < -0.3 is 4.74 Å². The van der Waals surface area contributed by atoms with Crippen LogP contribution in [0.1, 0.15) is 52.0 Å². The monoisotopic (exact) mass is 302 g/mol. The van der Waals surface area contributed by atoms with Crippen LogP contribution in [0.25, 0.3) is 10.4 Å². The second-order valence-corrected chi connectivity index (χ2v) is 8.63. The normalized spacial score (nSPS) is 12.5. The van der Waals surface area contributed by atoms with Crippen LogP contribution >= 0.6 is 11.3 Å². The highest BCUT2D eigenvalue weighted by molar-refractivity contribution is 7.15. The first-order chi connectivity index (χ1) is 9.63. The Bertz CT molecular complexity index is 606. The van der Waals surface area contributed by atoms with E-state index in [-0.39, 0.29) is 10.8 Å². The van der Waals surface area contributed by atoms with Crippen molar-refractivity contribution >= 4 is 11.3 Å². The molecule has 0 bridgehead atoms. The SMILES string of the molecule is COc1ccc(-c2sc(C(C)(C)C)cc2C(C)(C)C)cc1. The number of benzene rings is 1. The summed E-state index contributed by atoms with van der Waals surface area (Å²) in [4.78, 5) is 2.83. The fraction of sp³-hybridized carbons (Fsp3) is 0.474. The van der Waals surface area contributed by atoms with Gasteiger partial charge in [-0.3, -0.25) is 0 Å². The summed E-state index contributed by atoms with van der Waals surface area (Å²) >= 11 is 1.92. The molecule has 0 saturated heterocycles. The Morgan fingerprint density at radius 2 is 1.43 bits per heavy atom. The van der Waals surface area contributed by atoms with Gasteiger partial charge in [0.1, 0.15) is 5.75 Å². The van der Waals surface area contributed by atoms with E-state index < -0.39 is 0 Å². The number of hydrogen-bond acceptors (Lipinski definition) is 2. The third-order valence-electron chi connectivity index (χ3n) is 3.63. The van der Waals surface area contributed by atoms with E-state index in [0.717, 1.165) is 5.75 Å². The fourth-order valence-electron chi connectivity index (χ4n) is 2.27. The van der Waals surface area contributed by atoms with Gasteiger partial charge in [-0.05, 0) is 52.3 Å². The summed E-state index contributed by atoms with van der Waals surface area (Å²) in [5.41, 5.74) is 3.05. The molecule has 21 heavy (non-hydrogen) atoms. The van der Waals surface area contributed by atoms with E-state index in [4.69, 9.17) is 4.74 Å². The average molecular weight is 302 g/mol. The van der Waals surface area contributed by atoms with Gasteiger partial charge in [-0.1, -0.05) is 41.5 Å². The second-order valence-electron chi connectivity index (χ2n) is 7.58. The number of rotatable bonds is 2. The lowest BCUT2D eigenvalue weighted by atomic mass is 9.84. The summed E-state index contributed by atoms with van der Waals surface area (Å²) < 4.78 is 5.27. The quantitative estimate of drug-likeness (QED) is 0.659. The Morgan fingerprint density at radius 3 is 1.86 bits per heavy atom. The first kappa shape index (κ1) is 16.1. The van der Waals surface area contributed by atoms with Gasteiger partial charge in [0.15, 0.2) is 0 Å². The number of ether oxygens (including phenoxy) is 1. The van der Waals surface area contributed by atoms with Gasteiger partial charge in [-0.15, -0.1) is 11.3 Å². The maximum absolute atomic E-state index is 5.27. The lowest BCUT2D eigenvalue weighted by molar-refractivity contribution is 0.415. The number of thiophene rings is 1. The molecule has 0 radical (unpaired) electrons. The van der Waals surface area contributed by atoms with Crippen LogP contribution in [-0.4, -0.2) is 7.11 Å². The van der Waals surface area contributed by atoms with Crippen molar-refractivity contribution in [2.75, 3.05) is 7.11 Å². The summed E-state index contributed by atoms with van der Waals surface area (Å²) in [6, 6.07) is 10.8. The molecule has 1 aromatic heterocycles. The molecule has 1 heterocycles. The molecule has 2 aromatic rings. The zero-order valence-electron chi connectivity index (χ0n) is 14.2. The smallest absolute Gasteiger partial charge is 0.118 e. The first-order valence-corrected chi connectivity index (χ1v) is 8.24. The van der Waals surface area contributed by atoms with Crippen molar-refractivity contribution in [3.63, 3.8) is 0 Å². The van der Waals surface area contributed by atoms with E-state index in [2.05, 4.69) is 59.7 Å². The molecule has 0 saturated carbocycles. The Morgan fingerprint density at radius 1 is 0.857 bits per heavy atom. The van der Waals surface area contributed by atoms with Crippen LogP contribution in [0, 0.1) is 0 Å². The molecule has 0 fully saturated rings. The van der Waals surface area contributed by atoms with Crippen LogP contribution in [0.4, 0.5) is 0 Å². The standard InChI is InChI=1S/C19H26OS/c1-18(2,3)15-12-16(19(4,5)6)21-17(15)13-8-10-14(20-7)11-9-13/h8-12H,1-7H3. The summed E-state index contributed by atoms with van der Waals surface area (Å²) in [6.45, 7) is 13.7. The fourth-order valence-corrected chi connectivity index (χ4v) is 3.71. The molecule has 0 aliphatic carbocycles. The van der Waals surface area contributed by atoms with Crippen molar-refractivity contribution in [2.45, 2.75) is 52.4 Å². The third kappa shape index (κ3) is 3.49. The molecule has 114 valence electrons. The number of methoxy groups -OCH3 is 1. The van der Waals surface area contributed by atoms with Crippen LogP contribution in [0.5, 0.6) is 5.75 Å². The van der Waals surface area contributed by atoms with E-state index in [1.807, 2.05) is 23.5 Å². The van der Waals surface area contributed by atoms with Crippen LogP contribution < -0.4 is 4.74 Å². The Balaban J connectivity index is 2.57. The zero-order chi connectivity index (χ0) is 15.8. The largest absolute Gasteiger partial charge is 0.497 e. The van der Waals surface area contributed by atoms with Gasteiger partial charge >= 0.3 is 0 Å². The van der Waals surface area contributed by atoms with Crippen molar-refractivity contribution < 1.29 is 4.74 Å². The molecule has 1 aromatic carbocycles. The van der Waals surface area contributed by atoms with Gasteiger partial charge in [0.2, 0.25) is 0 Å². The van der Waals surface area contributed by atoms with E-state index in [0.29, 0.717) is 0 Å². The number of hydrogen-bond donors (Lipinski definition) is 0. The van der Waals surface area contributed by atoms with Gasteiger partial charge in [0.05, 0.1) is 7.11 Å².